The zero-order valence-electron chi connectivity index (χ0n) is 12.5. The number of ether oxygens (including phenoxy) is 1. The van der Waals surface area contributed by atoms with Crippen LogP contribution in [0.2, 0.25) is 0 Å². The van der Waals surface area contributed by atoms with Gasteiger partial charge in [0.05, 0.1) is 12.4 Å². The Bertz CT molecular complexity index is 969. The molecule has 0 unspecified atom stereocenters. The summed E-state index contributed by atoms with van der Waals surface area (Å²) in [6.45, 7) is 0.272. The summed E-state index contributed by atoms with van der Waals surface area (Å²) >= 11 is 0. The van der Waals surface area contributed by atoms with Gasteiger partial charge in [-0.2, -0.15) is 5.10 Å². The Kier molecular flexibility index (Phi) is 3.59. The molecule has 0 aliphatic carbocycles. The first-order valence-electron chi connectivity index (χ1n) is 7.29. The number of benzene rings is 1. The first-order chi connectivity index (χ1) is 11.8. The molecule has 0 saturated carbocycles. The van der Waals surface area contributed by atoms with Gasteiger partial charge < -0.3 is 4.74 Å². The zero-order chi connectivity index (χ0) is 16.4. The molecule has 7 heteroatoms. The average molecular weight is 321 g/mol. The lowest BCUT2D eigenvalue weighted by molar-refractivity contribution is 0.290. The van der Waals surface area contributed by atoms with Crippen LogP contribution < -0.4 is 4.74 Å². The molecule has 0 aliphatic rings. The predicted octanol–water partition coefficient (Wildman–Crippen LogP) is 2.90. The monoisotopic (exact) mass is 321 g/mol. The number of fused-ring (bicyclic) bond motifs is 1. The second kappa shape index (κ2) is 6.04. The number of nitrogens with zero attached hydrogens (tertiary/aromatic N) is 5. The molecule has 6 nitrogen and oxygen atoms in total. The number of hydrogen-bond donors (Lipinski definition) is 0. The highest BCUT2D eigenvalue weighted by molar-refractivity contribution is 5.58. The largest absolute Gasteiger partial charge is 0.471 e. The molecule has 0 N–H and O–H groups in total. The molecule has 0 atom stereocenters. The quantitative estimate of drug-likeness (QED) is 0.578. The second-order valence-corrected chi connectivity index (χ2v) is 5.08. The highest BCUT2D eigenvalue weighted by Crippen LogP contribution is 2.17. The van der Waals surface area contributed by atoms with Crippen LogP contribution in [-0.2, 0) is 6.61 Å². The predicted molar refractivity (Wildman–Crippen MR) is 84.7 cm³/mol. The maximum absolute atomic E-state index is 13.0. The van der Waals surface area contributed by atoms with Crippen molar-refractivity contribution in [3.8, 4) is 17.1 Å². The van der Waals surface area contributed by atoms with Gasteiger partial charge in [-0.25, -0.2) is 23.9 Å². The maximum atomic E-state index is 13.0. The van der Waals surface area contributed by atoms with Gasteiger partial charge in [0.15, 0.2) is 0 Å². The van der Waals surface area contributed by atoms with Crippen LogP contribution in [0, 0.1) is 5.82 Å². The summed E-state index contributed by atoms with van der Waals surface area (Å²) in [6.07, 6.45) is 5.02. The SMILES string of the molecule is Fc1ccc(-c2cnc3nc(COc4ccccn4)cn3n2)cc1. The first-order valence-corrected chi connectivity index (χ1v) is 7.29. The Morgan fingerprint density at radius 3 is 2.71 bits per heavy atom. The Morgan fingerprint density at radius 2 is 1.92 bits per heavy atom. The molecule has 0 amide bonds. The number of imidazole rings is 1. The van der Waals surface area contributed by atoms with Crippen molar-refractivity contribution in [2.45, 2.75) is 6.61 Å². The van der Waals surface area contributed by atoms with Crippen LogP contribution in [0.15, 0.2) is 61.1 Å². The summed E-state index contributed by atoms with van der Waals surface area (Å²) in [7, 11) is 0. The molecule has 3 heterocycles. The molecule has 4 aromatic rings. The summed E-state index contributed by atoms with van der Waals surface area (Å²) in [5, 5.41) is 4.45. The van der Waals surface area contributed by atoms with Crippen molar-refractivity contribution in [3.63, 3.8) is 0 Å². The summed E-state index contributed by atoms with van der Waals surface area (Å²) in [5.74, 6) is 0.715. The molecule has 4 rings (SSSR count). The van der Waals surface area contributed by atoms with E-state index in [1.165, 1.54) is 12.1 Å². The van der Waals surface area contributed by atoms with E-state index in [4.69, 9.17) is 4.74 Å². The van der Waals surface area contributed by atoms with Crippen molar-refractivity contribution < 1.29 is 9.13 Å². The standard InChI is InChI=1S/C17H12FN5O/c18-13-6-4-12(5-7-13)15-9-20-17-21-14(10-23(17)22-15)11-24-16-3-1-2-8-19-16/h1-10H,11H2. The molecule has 0 saturated heterocycles. The summed E-state index contributed by atoms with van der Waals surface area (Å²) < 4.78 is 20.2. The number of hydrogen-bond acceptors (Lipinski definition) is 5. The van der Waals surface area contributed by atoms with Crippen molar-refractivity contribution in [1.82, 2.24) is 24.6 Å². The van der Waals surface area contributed by atoms with E-state index >= 15 is 0 Å². The molecule has 0 spiro atoms. The van der Waals surface area contributed by atoms with Crippen molar-refractivity contribution in [1.29, 1.82) is 0 Å². The lowest BCUT2D eigenvalue weighted by Crippen LogP contribution is -1.96. The van der Waals surface area contributed by atoms with Gasteiger partial charge >= 0.3 is 0 Å². The number of rotatable bonds is 4. The zero-order valence-corrected chi connectivity index (χ0v) is 12.5. The van der Waals surface area contributed by atoms with Crippen LogP contribution in [0.5, 0.6) is 5.88 Å². The summed E-state index contributed by atoms with van der Waals surface area (Å²) in [4.78, 5) is 12.7. The van der Waals surface area contributed by atoms with Crippen molar-refractivity contribution in [2.24, 2.45) is 0 Å². The van der Waals surface area contributed by atoms with Crippen LogP contribution in [0.1, 0.15) is 5.69 Å². The van der Waals surface area contributed by atoms with Crippen molar-refractivity contribution in [2.75, 3.05) is 0 Å². The van der Waals surface area contributed by atoms with Gasteiger partial charge in [-0.15, -0.1) is 0 Å². The highest BCUT2D eigenvalue weighted by Gasteiger charge is 2.07. The molecule has 0 aliphatic heterocycles. The van der Waals surface area contributed by atoms with Crippen LogP contribution in [0.4, 0.5) is 4.39 Å². The third-order valence-electron chi connectivity index (χ3n) is 3.38. The smallest absolute Gasteiger partial charge is 0.251 e. The molecule has 1 aromatic carbocycles. The normalized spacial score (nSPS) is 10.9. The van der Waals surface area contributed by atoms with Gasteiger partial charge in [0.1, 0.15) is 23.8 Å². The van der Waals surface area contributed by atoms with Crippen molar-refractivity contribution >= 4 is 5.78 Å². The second-order valence-electron chi connectivity index (χ2n) is 5.08. The van der Waals surface area contributed by atoms with Gasteiger partial charge in [-0.05, 0) is 30.3 Å². The molecular weight excluding hydrogens is 309 g/mol. The fraction of sp³-hybridized carbons (Fsp3) is 0.0588. The molecule has 24 heavy (non-hydrogen) atoms. The van der Waals surface area contributed by atoms with E-state index in [-0.39, 0.29) is 12.4 Å². The summed E-state index contributed by atoms with van der Waals surface area (Å²) in [6, 6.07) is 11.6. The molecule has 118 valence electrons. The van der Waals surface area contributed by atoms with Crippen molar-refractivity contribution in [3.05, 3.63) is 72.6 Å². The topological polar surface area (TPSA) is 65.2 Å². The van der Waals surface area contributed by atoms with E-state index in [1.807, 2.05) is 12.1 Å². The molecule has 3 aromatic heterocycles. The Morgan fingerprint density at radius 1 is 1.04 bits per heavy atom. The number of aromatic nitrogens is 5. The van der Waals surface area contributed by atoms with Gasteiger partial charge in [0.2, 0.25) is 5.88 Å². The number of pyridine rings is 1. The van der Waals surface area contributed by atoms with E-state index in [1.54, 1.807) is 41.3 Å². The van der Waals surface area contributed by atoms with Gasteiger partial charge in [0, 0.05) is 17.8 Å². The molecule has 0 fully saturated rings. The van der Waals surface area contributed by atoms with Gasteiger partial charge in [-0.1, -0.05) is 6.07 Å². The van der Waals surface area contributed by atoms with E-state index < -0.39 is 0 Å². The minimum absolute atomic E-state index is 0.272. The molecular formula is C17H12FN5O. The minimum Gasteiger partial charge on any atom is -0.471 e. The number of halogens is 1. The van der Waals surface area contributed by atoms with Crippen LogP contribution in [0.3, 0.4) is 0 Å². The van der Waals surface area contributed by atoms with E-state index in [0.29, 0.717) is 23.0 Å². The van der Waals surface area contributed by atoms with Gasteiger partial charge in [-0.3, -0.25) is 0 Å². The average Bonchev–Trinajstić information content (AvgIpc) is 3.03. The third kappa shape index (κ3) is 2.91. The van der Waals surface area contributed by atoms with Crippen LogP contribution in [-0.4, -0.2) is 24.6 Å². The lowest BCUT2D eigenvalue weighted by Gasteiger charge is -2.01. The van der Waals surface area contributed by atoms with E-state index in [9.17, 15) is 4.39 Å². The molecule has 0 radical (unpaired) electrons. The fourth-order valence-electron chi connectivity index (χ4n) is 2.23. The Balaban J connectivity index is 1.58. The Labute approximate surface area is 136 Å². The fourth-order valence-corrected chi connectivity index (χ4v) is 2.23. The van der Waals surface area contributed by atoms with E-state index in [0.717, 1.165) is 5.56 Å². The van der Waals surface area contributed by atoms with E-state index in [2.05, 4.69) is 20.1 Å². The Hall–Kier alpha value is -3.35. The first kappa shape index (κ1) is 14.3. The highest BCUT2D eigenvalue weighted by atomic mass is 19.1. The lowest BCUT2D eigenvalue weighted by atomic mass is 10.2. The third-order valence-corrected chi connectivity index (χ3v) is 3.38. The summed E-state index contributed by atoms with van der Waals surface area (Å²) in [5.41, 5.74) is 2.11. The van der Waals surface area contributed by atoms with Crippen LogP contribution in [0.25, 0.3) is 17.0 Å². The minimum atomic E-state index is -0.288. The van der Waals surface area contributed by atoms with Crippen LogP contribution >= 0.6 is 0 Å². The molecule has 0 bridgehead atoms. The maximum Gasteiger partial charge on any atom is 0.251 e. The van der Waals surface area contributed by atoms with Gasteiger partial charge in [0.25, 0.3) is 5.78 Å².